The number of carbonyl (C=O) groups excluding carboxylic acids is 1. The van der Waals surface area contributed by atoms with E-state index in [4.69, 9.17) is 12.2 Å². The van der Waals surface area contributed by atoms with Gasteiger partial charge in [0.1, 0.15) is 5.78 Å². The van der Waals surface area contributed by atoms with E-state index < -0.39 is 0 Å². The lowest BCUT2D eigenvalue weighted by Gasteiger charge is -2.18. The third kappa shape index (κ3) is 2.86. The van der Waals surface area contributed by atoms with Crippen molar-refractivity contribution >= 4 is 5.78 Å². The lowest BCUT2D eigenvalue weighted by molar-refractivity contribution is -0.122. The van der Waals surface area contributed by atoms with E-state index in [1.807, 2.05) is 0 Å². The third-order valence-corrected chi connectivity index (χ3v) is 2.76. The van der Waals surface area contributed by atoms with E-state index in [1.165, 1.54) is 6.42 Å². The van der Waals surface area contributed by atoms with Crippen molar-refractivity contribution in [3.8, 4) is 12.3 Å². The van der Waals surface area contributed by atoms with Crippen LogP contribution in [0.2, 0.25) is 0 Å². The minimum absolute atomic E-state index is 0.0264. The van der Waals surface area contributed by atoms with Gasteiger partial charge in [0.15, 0.2) is 0 Å². The van der Waals surface area contributed by atoms with Crippen LogP contribution < -0.4 is 5.73 Å². The smallest absolute Gasteiger partial charge is 0.149 e. The van der Waals surface area contributed by atoms with Crippen molar-refractivity contribution in [3.63, 3.8) is 0 Å². The van der Waals surface area contributed by atoms with E-state index in [0.717, 1.165) is 25.7 Å². The summed E-state index contributed by atoms with van der Waals surface area (Å²) in [5, 5.41) is 0. The van der Waals surface area contributed by atoms with Crippen LogP contribution in [0.3, 0.4) is 0 Å². The van der Waals surface area contributed by atoms with Gasteiger partial charge in [0, 0.05) is 12.0 Å². The number of carbonyl (C=O) groups is 1. The predicted molar refractivity (Wildman–Crippen MR) is 53.0 cm³/mol. The van der Waals surface area contributed by atoms with Crippen LogP contribution in [0.1, 0.15) is 38.5 Å². The first kappa shape index (κ1) is 10.3. The molecule has 72 valence electrons. The molecule has 1 aliphatic carbocycles. The molecular weight excluding hydrogens is 162 g/mol. The Morgan fingerprint density at radius 1 is 1.38 bits per heavy atom. The number of ketones is 1. The molecule has 1 fully saturated rings. The van der Waals surface area contributed by atoms with Gasteiger partial charge in [-0.1, -0.05) is 25.2 Å². The SMILES string of the molecule is C#CCC(=O)C1CCCCCC1N. The van der Waals surface area contributed by atoms with Gasteiger partial charge in [0.25, 0.3) is 0 Å². The Morgan fingerprint density at radius 3 is 2.77 bits per heavy atom. The highest BCUT2D eigenvalue weighted by molar-refractivity contribution is 5.83. The van der Waals surface area contributed by atoms with Crippen LogP contribution >= 0.6 is 0 Å². The molecule has 1 rings (SSSR count). The second-order valence-electron chi connectivity index (χ2n) is 3.76. The summed E-state index contributed by atoms with van der Waals surface area (Å²) in [4.78, 5) is 11.5. The van der Waals surface area contributed by atoms with Crippen molar-refractivity contribution in [2.75, 3.05) is 0 Å². The molecule has 2 unspecified atom stereocenters. The second kappa shape index (κ2) is 5.04. The quantitative estimate of drug-likeness (QED) is 0.515. The average Bonchev–Trinajstić information content (AvgIpc) is 2.30. The molecule has 0 amide bonds. The highest BCUT2D eigenvalue weighted by Crippen LogP contribution is 2.23. The van der Waals surface area contributed by atoms with E-state index in [0.29, 0.717) is 0 Å². The average molecular weight is 179 g/mol. The third-order valence-electron chi connectivity index (χ3n) is 2.76. The molecule has 0 aliphatic heterocycles. The van der Waals surface area contributed by atoms with Gasteiger partial charge in [-0.05, 0) is 12.8 Å². The number of terminal acetylenes is 1. The molecule has 0 radical (unpaired) electrons. The topological polar surface area (TPSA) is 43.1 Å². The fourth-order valence-electron chi connectivity index (χ4n) is 1.97. The molecule has 13 heavy (non-hydrogen) atoms. The van der Waals surface area contributed by atoms with Gasteiger partial charge in [-0.2, -0.15) is 0 Å². The van der Waals surface area contributed by atoms with Gasteiger partial charge in [-0.3, -0.25) is 4.79 Å². The number of hydrogen-bond acceptors (Lipinski definition) is 2. The van der Waals surface area contributed by atoms with Crippen molar-refractivity contribution in [2.45, 2.75) is 44.6 Å². The fraction of sp³-hybridized carbons (Fsp3) is 0.727. The first-order chi connectivity index (χ1) is 6.25. The molecule has 0 aromatic rings. The molecule has 0 spiro atoms. The Labute approximate surface area is 79.9 Å². The Bertz CT molecular complexity index is 217. The van der Waals surface area contributed by atoms with Crippen molar-refractivity contribution in [3.05, 3.63) is 0 Å². The summed E-state index contributed by atoms with van der Waals surface area (Å²) >= 11 is 0. The molecule has 0 saturated heterocycles. The summed E-state index contributed by atoms with van der Waals surface area (Å²) < 4.78 is 0. The van der Waals surface area contributed by atoms with Crippen molar-refractivity contribution in [1.29, 1.82) is 0 Å². The van der Waals surface area contributed by atoms with Crippen LogP contribution in [-0.4, -0.2) is 11.8 Å². The summed E-state index contributed by atoms with van der Waals surface area (Å²) in [6, 6.07) is 0.0448. The van der Waals surface area contributed by atoms with Gasteiger partial charge in [-0.25, -0.2) is 0 Å². The van der Waals surface area contributed by atoms with Crippen LogP contribution in [-0.2, 0) is 4.79 Å². The number of hydrogen-bond donors (Lipinski definition) is 1. The molecule has 2 N–H and O–H groups in total. The summed E-state index contributed by atoms with van der Waals surface area (Å²) in [7, 11) is 0. The molecular formula is C11H17NO. The first-order valence-corrected chi connectivity index (χ1v) is 4.97. The normalized spacial score (nSPS) is 28.9. The summed E-state index contributed by atoms with van der Waals surface area (Å²) in [5.74, 6) is 2.59. The zero-order valence-corrected chi connectivity index (χ0v) is 7.96. The number of nitrogens with two attached hydrogens (primary N) is 1. The van der Waals surface area contributed by atoms with E-state index in [2.05, 4.69) is 5.92 Å². The van der Waals surface area contributed by atoms with Gasteiger partial charge in [0.05, 0.1) is 6.42 Å². The zero-order valence-electron chi connectivity index (χ0n) is 7.96. The summed E-state index contributed by atoms with van der Waals surface area (Å²) in [6.45, 7) is 0. The van der Waals surface area contributed by atoms with Crippen molar-refractivity contribution in [1.82, 2.24) is 0 Å². The number of rotatable bonds is 2. The lowest BCUT2D eigenvalue weighted by atomic mass is 9.90. The second-order valence-corrected chi connectivity index (χ2v) is 3.76. The summed E-state index contributed by atoms with van der Waals surface area (Å²) in [5.41, 5.74) is 5.92. The van der Waals surface area contributed by atoms with E-state index in [9.17, 15) is 4.79 Å². The maximum Gasteiger partial charge on any atom is 0.149 e. The fourth-order valence-corrected chi connectivity index (χ4v) is 1.97. The first-order valence-electron chi connectivity index (χ1n) is 4.97. The van der Waals surface area contributed by atoms with Gasteiger partial charge in [-0.15, -0.1) is 6.42 Å². The summed E-state index contributed by atoms with van der Waals surface area (Å²) in [6.07, 6.45) is 10.7. The van der Waals surface area contributed by atoms with Gasteiger partial charge >= 0.3 is 0 Å². The predicted octanol–water partition coefficient (Wildman–Crippen LogP) is 1.49. The van der Waals surface area contributed by atoms with E-state index in [1.54, 1.807) is 0 Å². The van der Waals surface area contributed by atoms with E-state index >= 15 is 0 Å². The van der Waals surface area contributed by atoms with Crippen LogP contribution in [0.25, 0.3) is 0 Å². The van der Waals surface area contributed by atoms with Crippen molar-refractivity contribution in [2.24, 2.45) is 11.7 Å². The van der Waals surface area contributed by atoms with Crippen LogP contribution in [0.4, 0.5) is 0 Å². The molecule has 0 aromatic carbocycles. The molecule has 2 heteroatoms. The molecule has 0 aromatic heterocycles. The maximum atomic E-state index is 11.5. The highest BCUT2D eigenvalue weighted by Gasteiger charge is 2.25. The standard InChI is InChI=1S/C11H17NO/c1-2-6-11(13)9-7-4-3-5-8-10(9)12/h1,9-10H,3-8,12H2. The monoisotopic (exact) mass is 179 g/mol. The molecule has 0 bridgehead atoms. The lowest BCUT2D eigenvalue weighted by Crippen LogP contribution is -2.34. The molecule has 1 aliphatic rings. The minimum atomic E-state index is 0.0264. The van der Waals surface area contributed by atoms with Crippen LogP contribution in [0.5, 0.6) is 0 Å². The minimum Gasteiger partial charge on any atom is -0.327 e. The molecule has 0 heterocycles. The Balaban J connectivity index is 2.54. The van der Waals surface area contributed by atoms with Gasteiger partial charge < -0.3 is 5.73 Å². The van der Waals surface area contributed by atoms with Crippen LogP contribution in [0, 0.1) is 18.3 Å². The Hall–Kier alpha value is -0.810. The molecule has 2 nitrogen and oxygen atoms in total. The van der Waals surface area contributed by atoms with Crippen LogP contribution in [0.15, 0.2) is 0 Å². The van der Waals surface area contributed by atoms with Crippen molar-refractivity contribution < 1.29 is 4.79 Å². The Morgan fingerprint density at radius 2 is 2.08 bits per heavy atom. The molecule has 2 atom stereocenters. The maximum absolute atomic E-state index is 11.5. The van der Waals surface area contributed by atoms with E-state index in [-0.39, 0.29) is 24.2 Å². The Kier molecular flexibility index (Phi) is 3.98. The van der Waals surface area contributed by atoms with Gasteiger partial charge in [0.2, 0.25) is 0 Å². The zero-order chi connectivity index (χ0) is 9.68. The largest absolute Gasteiger partial charge is 0.327 e. The highest BCUT2D eigenvalue weighted by atomic mass is 16.1. The number of Topliss-reactive ketones (excluding diaryl/α,β-unsaturated/α-hetero) is 1. The molecule has 1 saturated carbocycles.